The van der Waals surface area contributed by atoms with Gasteiger partial charge in [0.25, 0.3) is 10.1 Å². The fourth-order valence-corrected chi connectivity index (χ4v) is 2.08. The van der Waals surface area contributed by atoms with Gasteiger partial charge in [0.15, 0.2) is 0 Å². The number of ether oxygens (including phenoxy) is 2. The van der Waals surface area contributed by atoms with Crippen molar-refractivity contribution in [2.45, 2.75) is 19.2 Å². The number of esters is 2. The molecule has 0 bridgehead atoms. The van der Waals surface area contributed by atoms with Crippen molar-refractivity contribution in [3.63, 3.8) is 0 Å². The average molecular weight is 382 g/mol. The highest BCUT2D eigenvalue weighted by Gasteiger charge is 2.45. The molecule has 0 aliphatic carbocycles. The van der Waals surface area contributed by atoms with Crippen LogP contribution in [0.5, 0.6) is 5.75 Å². The highest BCUT2D eigenvalue weighted by molar-refractivity contribution is 7.85. The first-order chi connectivity index (χ1) is 11.3. The molecule has 7 nitrogen and oxygen atoms in total. The molecule has 138 valence electrons. The van der Waals surface area contributed by atoms with Gasteiger partial charge in [-0.3, -0.25) is 4.55 Å². The van der Waals surface area contributed by atoms with Crippen molar-refractivity contribution in [3.8, 4) is 5.75 Å². The lowest BCUT2D eigenvalue weighted by Crippen LogP contribution is -2.39. The van der Waals surface area contributed by atoms with Crippen molar-refractivity contribution in [1.29, 1.82) is 0 Å². The summed E-state index contributed by atoms with van der Waals surface area (Å²) in [5.74, 6) is -4.02. The molecule has 0 radical (unpaired) electrons. The van der Waals surface area contributed by atoms with Crippen molar-refractivity contribution in [1.82, 2.24) is 0 Å². The zero-order chi connectivity index (χ0) is 19.4. The first-order valence-electron chi connectivity index (χ1n) is 6.50. The number of halogens is 3. The van der Waals surface area contributed by atoms with Gasteiger partial charge < -0.3 is 9.47 Å². The lowest BCUT2D eigenvalue weighted by molar-refractivity contribution is -0.197. The van der Waals surface area contributed by atoms with Gasteiger partial charge in [0.1, 0.15) is 11.5 Å². The van der Waals surface area contributed by atoms with Crippen LogP contribution in [0.25, 0.3) is 0 Å². The molecule has 1 unspecified atom stereocenters. The normalized spacial score (nSPS) is 13.0. The molecule has 0 amide bonds. The summed E-state index contributed by atoms with van der Waals surface area (Å²) in [6, 6.07) is 4.29. The van der Waals surface area contributed by atoms with E-state index >= 15 is 0 Å². The molecule has 25 heavy (non-hydrogen) atoms. The van der Waals surface area contributed by atoms with E-state index in [1.807, 2.05) is 0 Å². The smallest absolute Gasteiger partial charge is 0.426 e. The van der Waals surface area contributed by atoms with Crippen LogP contribution in [0.2, 0.25) is 0 Å². The molecule has 1 rings (SSSR count). The van der Waals surface area contributed by atoms with Gasteiger partial charge >= 0.3 is 18.1 Å². The van der Waals surface area contributed by atoms with E-state index in [1.54, 1.807) is 0 Å². The maximum absolute atomic E-state index is 12.7. The molecule has 0 saturated heterocycles. The first kappa shape index (κ1) is 20.6. The molecule has 0 aliphatic heterocycles. The molecule has 0 aliphatic rings. The van der Waals surface area contributed by atoms with E-state index < -0.39 is 40.1 Å². The zero-order valence-electron chi connectivity index (χ0n) is 12.7. The Morgan fingerprint density at radius 2 is 1.76 bits per heavy atom. The molecular formula is C14H13F3O7S. The zero-order valence-corrected chi connectivity index (χ0v) is 13.6. The summed E-state index contributed by atoms with van der Waals surface area (Å²) in [6.07, 6.45) is -8.22. The number of rotatable bonds is 6. The number of benzene rings is 1. The lowest BCUT2D eigenvalue weighted by Gasteiger charge is -2.19. The first-order valence-corrected chi connectivity index (χ1v) is 8.11. The minimum absolute atomic E-state index is 0.00913. The minimum Gasteiger partial charge on any atom is -0.448 e. The molecule has 0 saturated carbocycles. The monoisotopic (exact) mass is 382 g/mol. The number of carbonyl (C=O) groups is 2. The van der Waals surface area contributed by atoms with E-state index in [4.69, 9.17) is 9.29 Å². The van der Waals surface area contributed by atoms with Crippen molar-refractivity contribution >= 4 is 22.1 Å². The largest absolute Gasteiger partial charge is 0.448 e. The highest BCUT2D eigenvalue weighted by atomic mass is 32.2. The molecule has 0 spiro atoms. The summed E-state index contributed by atoms with van der Waals surface area (Å²) >= 11 is 0. The third-order valence-corrected chi connectivity index (χ3v) is 3.35. The molecule has 1 atom stereocenters. The van der Waals surface area contributed by atoms with Crippen molar-refractivity contribution < 1.29 is 45.2 Å². The van der Waals surface area contributed by atoms with E-state index in [0.29, 0.717) is 0 Å². The number of alkyl halides is 3. The maximum atomic E-state index is 12.7. The highest BCUT2D eigenvalue weighted by Crippen LogP contribution is 2.25. The van der Waals surface area contributed by atoms with E-state index in [0.717, 1.165) is 24.3 Å². The van der Waals surface area contributed by atoms with Crippen LogP contribution in [-0.4, -0.2) is 42.9 Å². The molecule has 0 aromatic heterocycles. The van der Waals surface area contributed by atoms with Gasteiger partial charge in [-0.25, -0.2) is 9.59 Å². The molecular weight excluding hydrogens is 369 g/mol. The topological polar surface area (TPSA) is 107 Å². The van der Waals surface area contributed by atoms with E-state index in [2.05, 4.69) is 11.3 Å². The summed E-state index contributed by atoms with van der Waals surface area (Å²) in [4.78, 5) is 23.0. The molecule has 11 heteroatoms. The Balaban J connectivity index is 2.88. The van der Waals surface area contributed by atoms with E-state index in [9.17, 15) is 31.2 Å². The SMILES string of the molecule is C=C(C)C(=O)Oc1ccc(C(=O)OC(CS(=O)(=O)O)C(F)(F)F)cc1. The summed E-state index contributed by atoms with van der Waals surface area (Å²) in [7, 11) is -5.03. The van der Waals surface area contributed by atoms with Crippen LogP contribution in [-0.2, 0) is 19.6 Å². The second-order valence-electron chi connectivity index (χ2n) is 4.88. The van der Waals surface area contributed by atoms with Crippen LogP contribution in [0.4, 0.5) is 13.2 Å². The standard InChI is InChI=1S/C14H13F3O7S/c1-8(2)12(18)23-10-5-3-9(4-6-10)13(19)24-11(14(15,16)17)7-25(20,21)22/h3-6,11H,1,7H2,2H3,(H,20,21,22). The molecule has 1 aromatic carbocycles. The summed E-state index contributed by atoms with van der Waals surface area (Å²) < 4.78 is 76.8. The molecule has 0 heterocycles. The van der Waals surface area contributed by atoms with Gasteiger partial charge in [-0.15, -0.1) is 0 Å². The quantitative estimate of drug-likeness (QED) is 0.348. The number of carbonyl (C=O) groups excluding carboxylic acids is 2. The minimum atomic E-state index is -5.19. The molecule has 1 aromatic rings. The van der Waals surface area contributed by atoms with Crippen LogP contribution in [0.3, 0.4) is 0 Å². The van der Waals surface area contributed by atoms with Crippen molar-refractivity contribution in [2.75, 3.05) is 5.75 Å². The van der Waals surface area contributed by atoms with E-state index in [1.165, 1.54) is 6.92 Å². The van der Waals surface area contributed by atoms with Crippen molar-refractivity contribution in [3.05, 3.63) is 42.0 Å². The summed E-state index contributed by atoms with van der Waals surface area (Å²) in [5.41, 5.74) is -0.235. The van der Waals surface area contributed by atoms with Gasteiger partial charge in [-0.2, -0.15) is 21.6 Å². The number of hydrogen-bond acceptors (Lipinski definition) is 6. The van der Waals surface area contributed by atoms with Crippen LogP contribution in [0.15, 0.2) is 36.4 Å². The predicted molar refractivity (Wildman–Crippen MR) is 78.6 cm³/mol. The lowest BCUT2D eigenvalue weighted by atomic mass is 10.2. The van der Waals surface area contributed by atoms with Gasteiger partial charge in [0, 0.05) is 5.57 Å². The van der Waals surface area contributed by atoms with Crippen molar-refractivity contribution in [2.24, 2.45) is 0 Å². The van der Waals surface area contributed by atoms with Crippen LogP contribution in [0, 0.1) is 0 Å². The molecule has 0 fully saturated rings. The Hall–Kier alpha value is -2.40. The Morgan fingerprint density at radius 3 is 2.16 bits per heavy atom. The fraction of sp³-hybridized carbons (Fsp3) is 0.286. The second kappa shape index (κ2) is 7.66. The average Bonchev–Trinajstić information content (AvgIpc) is 2.44. The van der Waals surface area contributed by atoms with Crippen LogP contribution in [0.1, 0.15) is 17.3 Å². The van der Waals surface area contributed by atoms with Crippen LogP contribution >= 0.6 is 0 Å². The third-order valence-electron chi connectivity index (χ3n) is 2.63. The maximum Gasteiger partial charge on any atom is 0.426 e. The van der Waals surface area contributed by atoms with E-state index in [-0.39, 0.29) is 16.9 Å². The van der Waals surface area contributed by atoms with Gasteiger partial charge in [-0.05, 0) is 31.2 Å². The Morgan fingerprint density at radius 1 is 1.24 bits per heavy atom. The Bertz CT molecular complexity index is 767. The van der Waals surface area contributed by atoms with Gasteiger partial charge in [0.05, 0.1) is 5.56 Å². The summed E-state index contributed by atoms with van der Waals surface area (Å²) in [5, 5.41) is 0. The fourth-order valence-electron chi connectivity index (χ4n) is 1.44. The van der Waals surface area contributed by atoms with Crippen LogP contribution < -0.4 is 4.74 Å². The number of hydrogen-bond donors (Lipinski definition) is 1. The van der Waals surface area contributed by atoms with Gasteiger partial charge in [-0.1, -0.05) is 6.58 Å². The third kappa shape index (κ3) is 6.93. The van der Waals surface area contributed by atoms with Gasteiger partial charge in [0.2, 0.25) is 6.10 Å². The second-order valence-corrected chi connectivity index (χ2v) is 6.38. The molecule has 1 N–H and O–H groups in total. The Kier molecular flexibility index (Phi) is 6.32. The summed E-state index contributed by atoms with van der Waals surface area (Å²) in [6.45, 7) is 4.76. The Labute approximate surface area is 140 Å². The predicted octanol–water partition coefficient (Wildman–Crippen LogP) is 2.14.